The average Bonchev–Trinajstić information content (AvgIpc) is 3.10. The molecule has 0 unspecified atom stereocenters. The molecule has 0 spiro atoms. The van der Waals surface area contributed by atoms with Crippen LogP contribution >= 0.6 is 0 Å². The normalized spacial score (nSPS) is 27.5. The summed E-state index contributed by atoms with van der Waals surface area (Å²) in [5, 5.41) is 16.5. The molecule has 0 bridgehead atoms. The minimum atomic E-state index is -0.752. The number of aryl methyl sites for hydroxylation is 1. The van der Waals surface area contributed by atoms with E-state index in [9.17, 15) is 14.7 Å². The largest absolute Gasteiger partial charge is 0.481 e. The van der Waals surface area contributed by atoms with Crippen molar-refractivity contribution >= 4 is 11.9 Å². The highest BCUT2D eigenvalue weighted by Gasteiger charge is 2.57. The van der Waals surface area contributed by atoms with Crippen LogP contribution < -0.4 is 5.32 Å². The highest BCUT2D eigenvalue weighted by Crippen LogP contribution is 2.55. The zero-order valence-electron chi connectivity index (χ0n) is 13.2. The molecule has 2 aromatic rings. The van der Waals surface area contributed by atoms with Crippen LogP contribution in [0.3, 0.4) is 0 Å². The number of carbonyl (C=O) groups is 2. The molecule has 0 saturated heterocycles. The molecule has 7 heteroatoms. The summed E-state index contributed by atoms with van der Waals surface area (Å²) in [5.41, 5.74) is 1.19. The molecular weight excluding hydrogens is 308 g/mol. The predicted octanol–water partition coefficient (Wildman–Crippen LogP) is 1.32. The molecule has 2 aliphatic rings. The SMILES string of the molecule is Cn1cnc(-c2ccccc2C(=O)N[C@@H]2C[C@H](C(=O)O)[C@H]3C[C@H]32)n1. The van der Waals surface area contributed by atoms with Crippen LogP contribution in [-0.2, 0) is 11.8 Å². The second-order valence-corrected chi connectivity index (χ2v) is 6.61. The van der Waals surface area contributed by atoms with Gasteiger partial charge in [0.25, 0.3) is 5.91 Å². The van der Waals surface area contributed by atoms with Crippen LogP contribution in [0.25, 0.3) is 11.4 Å². The maximum absolute atomic E-state index is 12.7. The van der Waals surface area contributed by atoms with Crippen molar-refractivity contribution in [1.82, 2.24) is 20.1 Å². The number of nitrogens with one attached hydrogen (secondary N) is 1. The Morgan fingerprint density at radius 3 is 2.71 bits per heavy atom. The van der Waals surface area contributed by atoms with E-state index in [4.69, 9.17) is 0 Å². The van der Waals surface area contributed by atoms with Gasteiger partial charge in [0.15, 0.2) is 5.82 Å². The van der Waals surface area contributed by atoms with Crippen molar-refractivity contribution in [3.05, 3.63) is 36.2 Å². The molecule has 2 fully saturated rings. The summed E-state index contributed by atoms with van der Waals surface area (Å²) in [7, 11) is 1.77. The number of nitrogens with zero attached hydrogens (tertiary/aromatic N) is 3. The quantitative estimate of drug-likeness (QED) is 0.883. The van der Waals surface area contributed by atoms with Crippen molar-refractivity contribution in [3.8, 4) is 11.4 Å². The summed E-state index contributed by atoms with van der Waals surface area (Å²) in [6.07, 6.45) is 3.00. The van der Waals surface area contributed by atoms with Crippen molar-refractivity contribution in [2.75, 3.05) is 0 Å². The van der Waals surface area contributed by atoms with Crippen LogP contribution in [0.4, 0.5) is 0 Å². The van der Waals surface area contributed by atoms with Crippen molar-refractivity contribution in [1.29, 1.82) is 0 Å². The molecule has 24 heavy (non-hydrogen) atoms. The molecule has 1 amide bonds. The molecular formula is C17H18N4O3. The minimum Gasteiger partial charge on any atom is -0.481 e. The Morgan fingerprint density at radius 1 is 1.25 bits per heavy atom. The van der Waals surface area contributed by atoms with Crippen LogP contribution in [0.15, 0.2) is 30.6 Å². The average molecular weight is 326 g/mol. The fourth-order valence-electron chi connectivity index (χ4n) is 3.82. The zero-order chi connectivity index (χ0) is 16.8. The zero-order valence-corrected chi connectivity index (χ0v) is 13.2. The Morgan fingerprint density at radius 2 is 2.04 bits per heavy atom. The number of carboxylic acid groups (broad SMARTS) is 1. The highest BCUT2D eigenvalue weighted by molar-refractivity contribution is 6.00. The molecule has 0 aliphatic heterocycles. The number of carbonyl (C=O) groups excluding carboxylic acids is 1. The van der Waals surface area contributed by atoms with Gasteiger partial charge in [-0.25, -0.2) is 4.98 Å². The summed E-state index contributed by atoms with van der Waals surface area (Å²) in [6, 6.07) is 7.15. The van der Waals surface area contributed by atoms with Crippen LogP contribution in [0, 0.1) is 17.8 Å². The number of amides is 1. The fraction of sp³-hybridized carbons (Fsp3) is 0.412. The predicted molar refractivity (Wildman–Crippen MR) is 85.0 cm³/mol. The topological polar surface area (TPSA) is 97.1 Å². The number of rotatable bonds is 4. The van der Waals surface area contributed by atoms with Crippen molar-refractivity contribution in [2.45, 2.75) is 18.9 Å². The number of hydrogen-bond donors (Lipinski definition) is 2. The molecule has 1 heterocycles. The first-order chi connectivity index (χ1) is 11.5. The second-order valence-electron chi connectivity index (χ2n) is 6.61. The maximum Gasteiger partial charge on any atom is 0.306 e. The number of carboxylic acids is 1. The van der Waals surface area contributed by atoms with Gasteiger partial charge in [-0.2, -0.15) is 5.10 Å². The van der Waals surface area contributed by atoms with Gasteiger partial charge in [-0.3, -0.25) is 14.3 Å². The maximum atomic E-state index is 12.7. The van der Waals surface area contributed by atoms with Gasteiger partial charge in [-0.05, 0) is 30.7 Å². The van der Waals surface area contributed by atoms with Crippen LogP contribution in [0.2, 0.25) is 0 Å². The lowest BCUT2D eigenvalue weighted by atomic mass is 10.0. The van der Waals surface area contributed by atoms with Gasteiger partial charge in [-0.1, -0.05) is 18.2 Å². The van der Waals surface area contributed by atoms with E-state index in [1.165, 1.54) is 0 Å². The Bertz CT molecular complexity index is 816. The number of fused-ring (bicyclic) bond motifs is 1. The summed E-state index contributed by atoms with van der Waals surface area (Å²) in [6.45, 7) is 0. The van der Waals surface area contributed by atoms with E-state index in [-0.39, 0.29) is 23.8 Å². The highest BCUT2D eigenvalue weighted by atomic mass is 16.4. The molecule has 2 N–H and O–H groups in total. The second kappa shape index (κ2) is 5.43. The number of aliphatic carboxylic acids is 1. The lowest BCUT2D eigenvalue weighted by Gasteiger charge is -2.17. The van der Waals surface area contributed by atoms with E-state index in [0.717, 1.165) is 6.42 Å². The molecule has 2 aliphatic carbocycles. The monoisotopic (exact) mass is 326 g/mol. The van der Waals surface area contributed by atoms with Gasteiger partial charge < -0.3 is 10.4 Å². The smallest absolute Gasteiger partial charge is 0.306 e. The Hall–Kier alpha value is -2.70. The standard InChI is InChI=1S/C17H18N4O3/c1-21-8-18-15(20-21)9-4-2-3-5-10(9)16(22)19-14-7-13(17(23)24)11-6-12(11)14/h2-5,8,11-14H,6-7H2,1H3,(H,19,22)(H,23,24)/t11-,12+,13-,14+/m0/s1. The van der Waals surface area contributed by atoms with E-state index in [0.29, 0.717) is 29.3 Å². The molecule has 7 nitrogen and oxygen atoms in total. The number of benzene rings is 1. The van der Waals surface area contributed by atoms with E-state index in [1.807, 2.05) is 12.1 Å². The van der Waals surface area contributed by atoms with E-state index < -0.39 is 5.97 Å². The first-order valence-electron chi connectivity index (χ1n) is 8.03. The summed E-state index contributed by atoms with van der Waals surface area (Å²) < 4.78 is 1.59. The van der Waals surface area contributed by atoms with Crippen LogP contribution in [-0.4, -0.2) is 37.8 Å². The molecule has 4 atom stereocenters. The van der Waals surface area contributed by atoms with Gasteiger partial charge in [0.1, 0.15) is 6.33 Å². The molecule has 0 radical (unpaired) electrons. The van der Waals surface area contributed by atoms with Gasteiger partial charge in [0.05, 0.1) is 11.5 Å². The van der Waals surface area contributed by atoms with Gasteiger partial charge in [0, 0.05) is 18.7 Å². The van der Waals surface area contributed by atoms with Crippen molar-refractivity contribution in [2.24, 2.45) is 24.8 Å². The summed E-state index contributed by atoms with van der Waals surface area (Å²) in [4.78, 5) is 28.2. The lowest BCUT2D eigenvalue weighted by Crippen LogP contribution is -2.36. The van der Waals surface area contributed by atoms with Crippen molar-refractivity contribution in [3.63, 3.8) is 0 Å². The Balaban J connectivity index is 1.55. The van der Waals surface area contributed by atoms with E-state index in [1.54, 1.807) is 30.2 Å². The first-order valence-corrected chi connectivity index (χ1v) is 8.03. The van der Waals surface area contributed by atoms with Gasteiger partial charge >= 0.3 is 5.97 Å². The van der Waals surface area contributed by atoms with Crippen molar-refractivity contribution < 1.29 is 14.7 Å². The minimum absolute atomic E-state index is 0.0617. The summed E-state index contributed by atoms with van der Waals surface area (Å²) in [5.74, 6) is -0.247. The third-order valence-electron chi connectivity index (χ3n) is 5.08. The molecule has 4 rings (SSSR count). The fourth-order valence-corrected chi connectivity index (χ4v) is 3.82. The van der Waals surface area contributed by atoms with E-state index in [2.05, 4.69) is 15.4 Å². The van der Waals surface area contributed by atoms with Gasteiger partial charge in [0.2, 0.25) is 0 Å². The molecule has 1 aromatic heterocycles. The van der Waals surface area contributed by atoms with Gasteiger partial charge in [-0.15, -0.1) is 0 Å². The van der Waals surface area contributed by atoms with Crippen LogP contribution in [0.1, 0.15) is 23.2 Å². The molecule has 1 aromatic carbocycles. The van der Waals surface area contributed by atoms with E-state index >= 15 is 0 Å². The third-order valence-corrected chi connectivity index (χ3v) is 5.08. The molecule has 124 valence electrons. The first kappa shape index (κ1) is 14.9. The number of hydrogen-bond acceptors (Lipinski definition) is 4. The van der Waals surface area contributed by atoms with Crippen LogP contribution in [0.5, 0.6) is 0 Å². The number of aromatic nitrogens is 3. The molecule has 2 saturated carbocycles. The lowest BCUT2D eigenvalue weighted by molar-refractivity contribution is -0.142. The third kappa shape index (κ3) is 2.46. The Kier molecular flexibility index (Phi) is 3.37. The Labute approximate surface area is 138 Å². The summed E-state index contributed by atoms with van der Waals surface area (Å²) >= 11 is 0.